The second-order valence-electron chi connectivity index (χ2n) is 3.58. The van der Waals surface area contributed by atoms with E-state index >= 15 is 0 Å². The molecule has 0 aliphatic heterocycles. The molecule has 1 rings (SSSR count). The van der Waals surface area contributed by atoms with Crippen LogP contribution in [-0.2, 0) is 4.79 Å². The molecule has 1 fully saturated rings. The van der Waals surface area contributed by atoms with Crippen LogP contribution in [0.3, 0.4) is 0 Å². The van der Waals surface area contributed by atoms with Crippen LogP contribution in [0.15, 0.2) is 0 Å². The Balaban J connectivity index is 2.48. The van der Waals surface area contributed by atoms with Gasteiger partial charge in [0.25, 0.3) is 0 Å². The van der Waals surface area contributed by atoms with E-state index in [2.05, 4.69) is 11.4 Å². The van der Waals surface area contributed by atoms with Gasteiger partial charge in [0.2, 0.25) is 5.91 Å². The smallest absolute Gasteiger partial charge is 0.234 e. The van der Waals surface area contributed by atoms with Crippen molar-refractivity contribution >= 4 is 5.91 Å². The predicted octanol–water partition coefficient (Wildman–Crippen LogP) is 0.286. The van der Waals surface area contributed by atoms with Gasteiger partial charge in [0.1, 0.15) is 5.54 Å². The molecule has 0 unspecified atom stereocenters. The van der Waals surface area contributed by atoms with Crippen LogP contribution in [0.25, 0.3) is 0 Å². The zero-order chi connectivity index (χ0) is 9.90. The van der Waals surface area contributed by atoms with Gasteiger partial charge in [-0.1, -0.05) is 13.3 Å². The molecule has 1 aliphatic carbocycles. The van der Waals surface area contributed by atoms with Gasteiger partial charge >= 0.3 is 0 Å². The van der Waals surface area contributed by atoms with E-state index < -0.39 is 5.54 Å². The summed E-state index contributed by atoms with van der Waals surface area (Å²) in [6, 6.07) is 1.84. The van der Waals surface area contributed by atoms with Crippen LogP contribution in [0.5, 0.6) is 0 Å². The largest absolute Gasteiger partial charge is 0.368 e. The molecule has 1 aliphatic rings. The third-order valence-electron chi connectivity index (χ3n) is 2.34. The Bertz CT molecular complexity index is 240. The first-order chi connectivity index (χ1) is 6.13. The molecular weight excluding hydrogens is 166 g/mol. The number of hydrogen-bond donors (Lipinski definition) is 2. The molecule has 1 amide bonds. The van der Waals surface area contributed by atoms with Gasteiger partial charge in [-0.15, -0.1) is 0 Å². The quantitative estimate of drug-likeness (QED) is 0.639. The molecule has 13 heavy (non-hydrogen) atoms. The van der Waals surface area contributed by atoms with Crippen LogP contribution >= 0.6 is 0 Å². The Morgan fingerprint density at radius 1 is 1.77 bits per heavy atom. The number of nitrogens with two attached hydrogens (primary N) is 1. The highest BCUT2D eigenvalue weighted by molar-refractivity contribution is 5.80. The van der Waals surface area contributed by atoms with Crippen molar-refractivity contribution < 1.29 is 4.79 Å². The fraction of sp³-hybridized carbons (Fsp3) is 0.778. The van der Waals surface area contributed by atoms with E-state index in [9.17, 15) is 4.79 Å². The lowest BCUT2D eigenvalue weighted by Crippen LogP contribution is -2.47. The Morgan fingerprint density at radius 2 is 2.38 bits per heavy atom. The molecular formula is C9H15N3O. The van der Waals surface area contributed by atoms with Gasteiger partial charge < -0.3 is 5.73 Å². The summed E-state index contributed by atoms with van der Waals surface area (Å²) in [5, 5.41) is 11.8. The molecule has 72 valence electrons. The highest BCUT2D eigenvalue weighted by Gasteiger charge is 2.45. The van der Waals surface area contributed by atoms with Gasteiger partial charge in [-0.25, -0.2) is 0 Å². The first kappa shape index (κ1) is 10.0. The summed E-state index contributed by atoms with van der Waals surface area (Å²) in [7, 11) is 0. The van der Waals surface area contributed by atoms with Crippen molar-refractivity contribution in [2.24, 2.45) is 5.73 Å². The number of carbonyl (C=O) groups excluding carboxylic acids is 1. The minimum Gasteiger partial charge on any atom is -0.368 e. The van der Waals surface area contributed by atoms with E-state index in [1.165, 1.54) is 0 Å². The van der Waals surface area contributed by atoms with Gasteiger partial charge in [-0.3, -0.25) is 10.1 Å². The third kappa shape index (κ3) is 2.43. The van der Waals surface area contributed by atoms with Crippen LogP contribution in [0.2, 0.25) is 0 Å². The average molecular weight is 181 g/mol. The monoisotopic (exact) mass is 181 g/mol. The average Bonchev–Trinajstić information content (AvgIpc) is 2.85. The number of primary amides is 1. The van der Waals surface area contributed by atoms with E-state index in [0.717, 1.165) is 19.3 Å². The van der Waals surface area contributed by atoms with Crippen LogP contribution in [0.4, 0.5) is 0 Å². The van der Waals surface area contributed by atoms with Crippen LogP contribution in [0.1, 0.15) is 32.6 Å². The van der Waals surface area contributed by atoms with Gasteiger partial charge in [0.05, 0.1) is 12.1 Å². The van der Waals surface area contributed by atoms with Gasteiger partial charge in [0.15, 0.2) is 0 Å². The van der Waals surface area contributed by atoms with E-state index in [-0.39, 0.29) is 11.9 Å². The zero-order valence-corrected chi connectivity index (χ0v) is 7.84. The van der Waals surface area contributed by atoms with Crippen molar-refractivity contribution in [1.29, 1.82) is 5.26 Å². The van der Waals surface area contributed by atoms with E-state index in [4.69, 9.17) is 11.0 Å². The number of rotatable bonds is 5. The number of nitrogens with zero attached hydrogens (tertiary/aromatic N) is 1. The molecule has 0 aromatic heterocycles. The summed E-state index contributed by atoms with van der Waals surface area (Å²) < 4.78 is 0. The fourth-order valence-electron chi connectivity index (χ4n) is 1.32. The summed E-state index contributed by atoms with van der Waals surface area (Å²) >= 11 is 0. The predicted molar refractivity (Wildman–Crippen MR) is 48.6 cm³/mol. The lowest BCUT2D eigenvalue weighted by Gasteiger charge is -2.17. The highest BCUT2D eigenvalue weighted by Crippen LogP contribution is 2.35. The summed E-state index contributed by atoms with van der Waals surface area (Å²) in [4.78, 5) is 11.0. The topological polar surface area (TPSA) is 78.9 Å². The lowest BCUT2D eigenvalue weighted by molar-refractivity contribution is -0.120. The molecule has 0 spiro atoms. The molecule has 4 nitrogen and oxygen atoms in total. The molecule has 3 N–H and O–H groups in total. The molecule has 0 aromatic rings. The van der Waals surface area contributed by atoms with Crippen LogP contribution in [-0.4, -0.2) is 17.5 Å². The van der Waals surface area contributed by atoms with Crippen molar-refractivity contribution in [3.8, 4) is 6.07 Å². The van der Waals surface area contributed by atoms with Gasteiger partial charge in [-0.2, -0.15) is 5.26 Å². The number of nitriles is 1. The summed E-state index contributed by atoms with van der Waals surface area (Å²) in [5.74, 6) is -0.358. The molecule has 1 saturated carbocycles. The Labute approximate surface area is 78.1 Å². The first-order valence-electron chi connectivity index (χ1n) is 4.62. The number of nitrogens with one attached hydrogen (secondary N) is 1. The highest BCUT2D eigenvalue weighted by atomic mass is 16.1. The van der Waals surface area contributed by atoms with E-state index in [1.807, 2.05) is 6.92 Å². The Morgan fingerprint density at radius 3 is 2.69 bits per heavy atom. The lowest BCUT2D eigenvalue weighted by atomic mass is 10.1. The van der Waals surface area contributed by atoms with Crippen LogP contribution < -0.4 is 11.1 Å². The van der Waals surface area contributed by atoms with Crippen molar-refractivity contribution in [2.45, 2.75) is 44.2 Å². The van der Waals surface area contributed by atoms with Gasteiger partial charge in [0, 0.05) is 0 Å². The maximum Gasteiger partial charge on any atom is 0.234 e. The number of carbonyl (C=O) groups is 1. The van der Waals surface area contributed by atoms with E-state index in [0.29, 0.717) is 6.42 Å². The molecule has 0 saturated heterocycles. The number of hydrogen-bond acceptors (Lipinski definition) is 3. The normalized spacial score (nSPS) is 20.3. The minimum absolute atomic E-state index is 0.341. The number of amides is 1. The van der Waals surface area contributed by atoms with Crippen molar-refractivity contribution in [3.63, 3.8) is 0 Å². The SMILES string of the molecule is CCC[C@H](NC1(C#N)CC1)C(N)=O. The molecule has 1 atom stereocenters. The van der Waals surface area contributed by atoms with E-state index in [1.54, 1.807) is 0 Å². The van der Waals surface area contributed by atoms with Crippen molar-refractivity contribution in [2.75, 3.05) is 0 Å². The minimum atomic E-state index is -0.450. The first-order valence-corrected chi connectivity index (χ1v) is 4.62. The molecule has 0 heterocycles. The fourth-order valence-corrected chi connectivity index (χ4v) is 1.32. The Hall–Kier alpha value is -1.08. The summed E-state index contributed by atoms with van der Waals surface area (Å²) in [6.45, 7) is 1.99. The molecule has 0 bridgehead atoms. The molecule has 0 radical (unpaired) electrons. The van der Waals surface area contributed by atoms with Crippen LogP contribution in [0, 0.1) is 11.3 Å². The summed E-state index contributed by atoms with van der Waals surface area (Å²) in [6.07, 6.45) is 3.26. The zero-order valence-electron chi connectivity index (χ0n) is 7.84. The molecule has 4 heteroatoms. The van der Waals surface area contributed by atoms with Gasteiger partial charge in [-0.05, 0) is 19.3 Å². The maximum absolute atomic E-state index is 11.0. The second-order valence-corrected chi connectivity index (χ2v) is 3.58. The maximum atomic E-state index is 11.0. The van der Waals surface area contributed by atoms with Crippen molar-refractivity contribution in [1.82, 2.24) is 5.32 Å². The molecule has 0 aromatic carbocycles. The third-order valence-corrected chi connectivity index (χ3v) is 2.34. The standard InChI is InChI=1S/C9H15N3O/c1-2-3-7(8(11)13)12-9(6-10)4-5-9/h7,12H,2-5H2,1H3,(H2,11,13)/t7-/m0/s1. The summed E-state index contributed by atoms with van der Waals surface area (Å²) in [5.41, 5.74) is 4.75. The second kappa shape index (κ2) is 3.75. The van der Waals surface area contributed by atoms with Crippen molar-refractivity contribution in [3.05, 3.63) is 0 Å². The Kier molecular flexibility index (Phi) is 2.89.